The van der Waals surface area contributed by atoms with E-state index in [0.717, 1.165) is 16.7 Å². The van der Waals surface area contributed by atoms with E-state index in [0.29, 0.717) is 0 Å². The van der Waals surface area contributed by atoms with Gasteiger partial charge in [-0.25, -0.2) is 0 Å². The van der Waals surface area contributed by atoms with Crippen molar-refractivity contribution in [2.75, 3.05) is 5.32 Å². The van der Waals surface area contributed by atoms with Gasteiger partial charge >= 0.3 is 0 Å². The third-order valence-electron chi connectivity index (χ3n) is 3.49. The molecule has 2 heteroatoms. The molecule has 0 fully saturated rings. The van der Waals surface area contributed by atoms with Gasteiger partial charge in [0.1, 0.15) is 0 Å². The van der Waals surface area contributed by atoms with Gasteiger partial charge in [-0.1, -0.05) is 67.0 Å². The van der Waals surface area contributed by atoms with Gasteiger partial charge in [-0.15, -0.1) is 0 Å². The normalized spacial score (nSPS) is 11.4. The van der Waals surface area contributed by atoms with Crippen LogP contribution in [0.25, 0.3) is 0 Å². The number of nitrogens with one attached hydrogen (secondary N) is 1. The molecule has 0 unspecified atom stereocenters. The topological polar surface area (TPSA) is 12.0 Å². The molecule has 0 heterocycles. The number of aryl methyl sites for hydroxylation is 1. The number of halogens is 1. The molecule has 0 bridgehead atoms. The lowest BCUT2D eigenvalue weighted by Crippen LogP contribution is -2.11. The Morgan fingerprint density at radius 3 is 2.20 bits per heavy atom. The van der Waals surface area contributed by atoms with Gasteiger partial charge in [0, 0.05) is 16.7 Å². The molecule has 0 amide bonds. The number of anilines is 1. The molecule has 0 radical (unpaired) electrons. The number of benzene rings is 2. The maximum atomic E-state index is 3.56. The van der Waals surface area contributed by atoms with Crippen molar-refractivity contribution in [3.8, 4) is 0 Å². The zero-order valence-electron chi connectivity index (χ0n) is 12.6. The van der Waals surface area contributed by atoms with E-state index in [2.05, 4.69) is 91.4 Å². The maximum absolute atomic E-state index is 3.56. The zero-order chi connectivity index (χ0) is 14.8. The van der Waals surface area contributed by atoms with Crippen molar-refractivity contribution in [2.24, 2.45) is 0 Å². The van der Waals surface area contributed by atoms with Crippen LogP contribution < -0.4 is 5.32 Å². The lowest BCUT2D eigenvalue weighted by Gasteiger charge is -2.19. The Kier molecular flexibility index (Phi) is 4.54. The zero-order valence-corrected chi connectivity index (χ0v) is 14.2. The highest BCUT2D eigenvalue weighted by molar-refractivity contribution is 9.10. The summed E-state index contributed by atoms with van der Waals surface area (Å²) >= 11 is 3.56. The van der Waals surface area contributed by atoms with Crippen LogP contribution in [-0.2, 0) is 12.0 Å². The van der Waals surface area contributed by atoms with Crippen LogP contribution in [0.15, 0.2) is 46.9 Å². The summed E-state index contributed by atoms with van der Waals surface area (Å²) in [5.41, 5.74) is 5.29. The van der Waals surface area contributed by atoms with Gasteiger partial charge in [0.15, 0.2) is 0 Å². The van der Waals surface area contributed by atoms with E-state index in [1.165, 1.54) is 16.7 Å². The predicted molar refractivity (Wildman–Crippen MR) is 91.3 cm³/mol. The number of hydrogen-bond donors (Lipinski definition) is 1. The lowest BCUT2D eigenvalue weighted by molar-refractivity contribution is 0.590. The highest BCUT2D eigenvalue weighted by Crippen LogP contribution is 2.23. The minimum Gasteiger partial charge on any atom is -0.381 e. The molecule has 2 aromatic rings. The second-order valence-electron chi connectivity index (χ2n) is 6.26. The van der Waals surface area contributed by atoms with Crippen LogP contribution in [0.1, 0.15) is 37.5 Å². The van der Waals surface area contributed by atoms with E-state index in [1.54, 1.807) is 0 Å². The molecule has 0 spiro atoms. The first kappa shape index (κ1) is 15.1. The van der Waals surface area contributed by atoms with E-state index in [4.69, 9.17) is 0 Å². The minimum absolute atomic E-state index is 0.216. The van der Waals surface area contributed by atoms with Crippen LogP contribution in [0, 0.1) is 6.92 Å². The van der Waals surface area contributed by atoms with Crippen molar-refractivity contribution >= 4 is 21.6 Å². The van der Waals surface area contributed by atoms with Gasteiger partial charge in [0.25, 0.3) is 0 Å². The molecule has 1 N–H and O–H groups in total. The summed E-state index contributed by atoms with van der Waals surface area (Å²) in [6.45, 7) is 9.66. The number of hydrogen-bond acceptors (Lipinski definition) is 1. The largest absolute Gasteiger partial charge is 0.381 e. The average molecular weight is 332 g/mol. The van der Waals surface area contributed by atoms with Crippen LogP contribution in [0.5, 0.6) is 0 Å². The fourth-order valence-electron chi connectivity index (χ4n) is 2.03. The Hall–Kier alpha value is -1.28. The first-order valence-electron chi connectivity index (χ1n) is 6.96. The standard InChI is InChI=1S/C18H22BrN/c1-13-5-10-16(11-17(13)19)20-12-14-6-8-15(9-7-14)18(2,3)4/h5-11,20H,12H2,1-4H3. The van der Waals surface area contributed by atoms with Crippen molar-refractivity contribution in [3.05, 3.63) is 63.6 Å². The molecular formula is C18H22BrN. The summed E-state index contributed by atoms with van der Waals surface area (Å²) in [6.07, 6.45) is 0. The van der Waals surface area contributed by atoms with Gasteiger partial charge in [-0.05, 0) is 41.2 Å². The molecule has 0 aromatic heterocycles. The molecule has 0 saturated carbocycles. The fourth-order valence-corrected chi connectivity index (χ4v) is 2.41. The second kappa shape index (κ2) is 6.01. The molecule has 106 valence electrons. The van der Waals surface area contributed by atoms with E-state index in [9.17, 15) is 0 Å². The van der Waals surface area contributed by atoms with Crippen molar-refractivity contribution in [1.82, 2.24) is 0 Å². The Labute approximate surface area is 130 Å². The summed E-state index contributed by atoms with van der Waals surface area (Å²) in [5.74, 6) is 0. The molecule has 0 atom stereocenters. The van der Waals surface area contributed by atoms with E-state index >= 15 is 0 Å². The SMILES string of the molecule is Cc1ccc(NCc2ccc(C(C)(C)C)cc2)cc1Br. The van der Waals surface area contributed by atoms with Gasteiger partial charge in [-0.3, -0.25) is 0 Å². The van der Waals surface area contributed by atoms with Gasteiger partial charge in [-0.2, -0.15) is 0 Å². The quantitative estimate of drug-likeness (QED) is 0.764. The first-order chi connectivity index (χ1) is 9.36. The summed E-state index contributed by atoms with van der Waals surface area (Å²) in [6, 6.07) is 15.2. The average Bonchev–Trinajstić information content (AvgIpc) is 2.40. The highest BCUT2D eigenvalue weighted by atomic mass is 79.9. The van der Waals surface area contributed by atoms with E-state index < -0.39 is 0 Å². The molecule has 2 rings (SSSR count). The van der Waals surface area contributed by atoms with Crippen LogP contribution in [-0.4, -0.2) is 0 Å². The summed E-state index contributed by atoms with van der Waals surface area (Å²) in [7, 11) is 0. The molecule has 0 saturated heterocycles. The molecule has 0 aliphatic rings. The second-order valence-corrected chi connectivity index (χ2v) is 7.12. The Morgan fingerprint density at radius 2 is 1.65 bits per heavy atom. The van der Waals surface area contributed by atoms with Crippen molar-refractivity contribution in [2.45, 2.75) is 39.7 Å². The van der Waals surface area contributed by atoms with Crippen LogP contribution in [0.2, 0.25) is 0 Å². The Morgan fingerprint density at radius 1 is 1.00 bits per heavy atom. The third kappa shape index (κ3) is 3.86. The van der Waals surface area contributed by atoms with Crippen LogP contribution in [0.4, 0.5) is 5.69 Å². The lowest BCUT2D eigenvalue weighted by atomic mass is 9.87. The molecular weight excluding hydrogens is 310 g/mol. The van der Waals surface area contributed by atoms with E-state index in [1.807, 2.05) is 0 Å². The van der Waals surface area contributed by atoms with Crippen molar-refractivity contribution < 1.29 is 0 Å². The smallest absolute Gasteiger partial charge is 0.0400 e. The van der Waals surface area contributed by atoms with Crippen molar-refractivity contribution in [3.63, 3.8) is 0 Å². The number of rotatable bonds is 3. The fraction of sp³-hybridized carbons (Fsp3) is 0.333. The van der Waals surface area contributed by atoms with E-state index in [-0.39, 0.29) is 5.41 Å². The summed E-state index contributed by atoms with van der Waals surface area (Å²) < 4.78 is 1.14. The molecule has 0 aliphatic carbocycles. The molecule has 1 nitrogen and oxygen atoms in total. The van der Waals surface area contributed by atoms with Gasteiger partial charge in [0.2, 0.25) is 0 Å². The minimum atomic E-state index is 0.216. The maximum Gasteiger partial charge on any atom is 0.0400 e. The first-order valence-corrected chi connectivity index (χ1v) is 7.75. The van der Waals surface area contributed by atoms with Gasteiger partial charge < -0.3 is 5.32 Å². The molecule has 20 heavy (non-hydrogen) atoms. The van der Waals surface area contributed by atoms with Crippen LogP contribution >= 0.6 is 15.9 Å². The third-order valence-corrected chi connectivity index (χ3v) is 4.34. The summed E-state index contributed by atoms with van der Waals surface area (Å²) in [5, 5.41) is 3.46. The highest BCUT2D eigenvalue weighted by Gasteiger charge is 2.12. The Balaban J connectivity index is 2.02. The predicted octanol–water partition coefficient (Wildman–Crippen LogP) is 5.67. The van der Waals surface area contributed by atoms with Crippen LogP contribution in [0.3, 0.4) is 0 Å². The van der Waals surface area contributed by atoms with Gasteiger partial charge in [0.05, 0.1) is 0 Å². The Bertz CT molecular complexity index is 579. The monoisotopic (exact) mass is 331 g/mol. The molecule has 0 aliphatic heterocycles. The molecule has 2 aromatic carbocycles. The summed E-state index contributed by atoms with van der Waals surface area (Å²) in [4.78, 5) is 0. The van der Waals surface area contributed by atoms with Crippen molar-refractivity contribution in [1.29, 1.82) is 0 Å².